The topological polar surface area (TPSA) is 108 Å². The molecule has 1 heterocycles. The Morgan fingerprint density at radius 1 is 0.857 bits per heavy atom. The molecule has 2 aromatic carbocycles. The Kier molecular flexibility index (Phi) is 7.85. The van der Waals surface area contributed by atoms with E-state index in [0.29, 0.717) is 39.5 Å². The van der Waals surface area contributed by atoms with Gasteiger partial charge < -0.3 is 24.3 Å². The molecule has 9 nitrogen and oxygen atoms in total. The molecule has 3 rings (SSSR count). The van der Waals surface area contributed by atoms with Crippen LogP contribution in [0.25, 0.3) is 11.3 Å². The summed E-state index contributed by atoms with van der Waals surface area (Å²) in [4.78, 5) is 30.5. The minimum atomic E-state index is -0.666. The van der Waals surface area contributed by atoms with Gasteiger partial charge in [0.1, 0.15) is 11.5 Å². The van der Waals surface area contributed by atoms with Crippen molar-refractivity contribution in [2.75, 3.05) is 39.1 Å². The maximum absolute atomic E-state index is 13.3. The summed E-state index contributed by atoms with van der Waals surface area (Å²) in [5.41, 5.74) is 1.19. The minimum Gasteiger partial charge on any atom is -0.497 e. The van der Waals surface area contributed by atoms with Crippen molar-refractivity contribution in [1.29, 1.82) is 0 Å². The molecular weight excluding hydrogens is 470 g/mol. The zero-order valence-corrected chi connectivity index (χ0v) is 21.6. The van der Waals surface area contributed by atoms with Crippen LogP contribution in [0.4, 0.5) is 10.8 Å². The first kappa shape index (κ1) is 25.8. The molecule has 0 aliphatic carbocycles. The van der Waals surface area contributed by atoms with Crippen molar-refractivity contribution in [1.82, 2.24) is 4.98 Å². The number of methoxy groups -OCH3 is 4. The highest BCUT2D eigenvalue weighted by molar-refractivity contribution is 7.14. The zero-order valence-electron chi connectivity index (χ0n) is 20.8. The fourth-order valence-corrected chi connectivity index (χ4v) is 3.82. The highest BCUT2D eigenvalue weighted by Crippen LogP contribution is 2.37. The molecule has 0 atom stereocenters. The normalized spacial score (nSPS) is 10.9. The third-order valence-electron chi connectivity index (χ3n) is 5.10. The molecule has 3 aromatic rings. The highest BCUT2D eigenvalue weighted by Gasteiger charge is 2.25. The molecule has 0 fully saturated rings. The van der Waals surface area contributed by atoms with E-state index in [1.165, 1.54) is 31.6 Å². The Morgan fingerprint density at radius 2 is 1.51 bits per heavy atom. The molecule has 10 heteroatoms. The van der Waals surface area contributed by atoms with Crippen molar-refractivity contribution >= 4 is 34.0 Å². The van der Waals surface area contributed by atoms with Crippen LogP contribution in [0, 0.1) is 5.41 Å². The van der Waals surface area contributed by atoms with Crippen molar-refractivity contribution in [3.05, 3.63) is 41.3 Å². The van der Waals surface area contributed by atoms with E-state index in [4.69, 9.17) is 18.9 Å². The number of aromatic nitrogens is 1. The minimum absolute atomic E-state index is 0.205. The van der Waals surface area contributed by atoms with Gasteiger partial charge in [0.15, 0.2) is 16.6 Å². The second kappa shape index (κ2) is 10.6. The van der Waals surface area contributed by atoms with Crippen LogP contribution in [0.15, 0.2) is 35.7 Å². The molecule has 0 unspecified atom stereocenters. The second-order valence-electron chi connectivity index (χ2n) is 8.52. The Labute approximate surface area is 208 Å². The summed E-state index contributed by atoms with van der Waals surface area (Å²) >= 11 is 1.26. The summed E-state index contributed by atoms with van der Waals surface area (Å²) in [5, 5.41) is 7.81. The number of thiazole rings is 1. The van der Waals surface area contributed by atoms with Crippen LogP contribution in [0.5, 0.6) is 23.0 Å². The van der Waals surface area contributed by atoms with Gasteiger partial charge in [0.05, 0.1) is 45.4 Å². The lowest BCUT2D eigenvalue weighted by molar-refractivity contribution is -0.123. The van der Waals surface area contributed by atoms with Gasteiger partial charge in [-0.15, -0.1) is 11.3 Å². The van der Waals surface area contributed by atoms with Crippen LogP contribution in [-0.2, 0) is 4.79 Å². The number of hydrogen-bond acceptors (Lipinski definition) is 8. The monoisotopic (exact) mass is 499 g/mol. The van der Waals surface area contributed by atoms with Gasteiger partial charge in [-0.25, -0.2) is 4.98 Å². The van der Waals surface area contributed by atoms with Gasteiger partial charge in [0.2, 0.25) is 5.91 Å². The van der Waals surface area contributed by atoms with Gasteiger partial charge in [-0.2, -0.15) is 0 Å². The van der Waals surface area contributed by atoms with Gasteiger partial charge in [-0.1, -0.05) is 20.8 Å². The van der Waals surface area contributed by atoms with Gasteiger partial charge in [-0.05, 0) is 24.3 Å². The third-order valence-corrected chi connectivity index (χ3v) is 5.86. The van der Waals surface area contributed by atoms with Gasteiger partial charge in [-0.3, -0.25) is 14.9 Å². The predicted molar refractivity (Wildman–Crippen MR) is 136 cm³/mol. The van der Waals surface area contributed by atoms with Crippen LogP contribution >= 0.6 is 11.3 Å². The van der Waals surface area contributed by atoms with Crippen molar-refractivity contribution in [3.8, 4) is 34.3 Å². The molecule has 0 spiro atoms. The molecule has 186 valence electrons. The first-order valence-electron chi connectivity index (χ1n) is 10.7. The number of carbonyl (C=O) groups excluding carboxylic acids is 2. The van der Waals surface area contributed by atoms with E-state index < -0.39 is 11.3 Å². The Bertz CT molecular complexity index is 1230. The number of nitrogens with zero attached hydrogens (tertiary/aromatic N) is 1. The number of rotatable bonds is 8. The lowest BCUT2D eigenvalue weighted by atomic mass is 9.95. The average Bonchev–Trinajstić information content (AvgIpc) is 3.30. The number of benzene rings is 2. The lowest BCUT2D eigenvalue weighted by Crippen LogP contribution is -2.29. The first-order valence-corrected chi connectivity index (χ1v) is 11.6. The zero-order chi connectivity index (χ0) is 25.8. The molecule has 0 aliphatic heterocycles. The number of amides is 2. The maximum Gasteiger partial charge on any atom is 0.259 e. The number of nitrogens with one attached hydrogen (secondary N) is 2. The molecular formula is C25H29N3O6S. The van der Waals surface area contributed by atoms with E-state index in [-0.39, 0.29) is 11.5 Å². The molecule has 2 amide bonds. The first-order chi connectivity index (χ1) is 16.6. The summed E-state index contributed by atoms with van der Waals surface area (Å²) in [6.07, 6.45) is 0. The molecule has 0 aliphatic rings. The van der Waals surface area contributed by atoms with Crippen LogP contribution in [-0.4, -0.2) is 45.2 Å². The summed E-state index contributed by atoms with van der Waals surface area (Å²) in [6.45, 7) is 5.35. The number of ether oxygens (including phenoxy) is 4. The van der Waals surface area contributed by atoms with Crippen molar-refractivity contribution in [2.45, 2.75) is 20.8 Å². The summed E-state index contributed by atoms with van der Waals surface area (Å²) in [7, 11) is 6.11. The van der Waals surface area contributed by atoms with Crippen molar-refractivity contribution < 1.29 is 28.5 Å². The summed E-state index contributed by atoms with van der Waals surface area (Å²) < 4.78 is 21.5. The standard InChI is InChI=1S/C25H29N3O6S/c1-25(2,3)23(30)26-17-12-21(34-7)20(33-6)11-16(17)22(29)28-24-27-18(13-35-24)15-10-14(31-4)8-9-19(15)32-5/h8-13H,1-7H3,(H,26,30)(H,27,28,29). The molecule has 1 aromatic heterocycles. The predicted octanol–water partition coefficient (Wildman–Crippen LogP) is 5.08. The Balaban J connectivity index is 1.94. The number of hydrogen-bond donors (Lipinski definition) is 2. The number of carbonyl (C=O) groups is 2. The van der Waals surface area contributed by atoms with E-state index in [1.807, 2.05) is 11.4 Å². The molecule has 0 bridgehead atoms. The van der Waals surface area contributed by atoms with E-state index >= 15 is 0 Å². The largest absolute Gasteiger partial charge is 0.497 e. The molecule has 0 saturated heterocycles. The fourth-order valence-electron chi connectivity index (χ4n) is 3.11. The van der Waals surface area contributed by atoms with Crippen molar-refractivity contribution in [3.63, 3.8) is 0 Å². The van der Waals surface area contributed by atoms with Gasteiger partial charge in [0, 0.05) is 22.4 Å². The van der Waals surface area contributed by atoms with E-state index in [9.17, 15) is 9.59 Å². The SMILES string of the molecule is COc1ccc(OC)c(-c2csc(NC(=O)c3cc(OC)c(OC)cc3NC(=O)C(C)(C)C)n2)c1. The quantitative estimate of drug-likeness (QED) is 0.445. The maximum atomic E-state index is 13.3. The van der Waals surface area contributed by atoms with E-state index in [0.717, 1.165) is 5.56 Å². The third kappa shape index (κ3) is 5.83. The lowest BCUT2D eigenvalue weighted by Gasteiger charge is -2.20. The summed E-state index contributed by atoms with van der Waals surface area (Å²) in [5.74, 6) is 1.31. The Hall–Kier alpha value is -3.79. The van der Waals surface area contributed by atoms with Crippen LogP contribution in [0.3, 0.4) is 0 Å². The molecule has 0 radical (unpaired) electrons. The average molecular weight is 500 g/mol. The Morgan fingerprint density at radius 3 is 2.11 bits per heavy atom. The van der Waals surface area contributed by atoms with Crippen molar-refractivity contribution in [2.24, 2.45) is 5.41 Å². The molecule has 2 N–H and O–H groups in total. The fraction of sp³-hybridized carbons (Fsp3) is 0.320. The van der Waals surface area contributed by atoms with Gasteiger partial charge >= 0.3 is 0 Å². The van der Waals surface area contributed by atoms with Gasteiger partial charge in [0.25, 0.3) is 5.91 Å². The molecule has 0 saturated carbocycles. The number of anilines is 2. The van der Waals surface area contributed by atoms with Crippen LogP contribution in [0.2, 0.25) is 0 Å². The smallest absolute Gasteiger partial charge is 0.259 e. The van der Waals surface area contributed by atoms with E-state index in [1.54, 1.807) is 53.2 Å². The molecule has 35 heavy (non-hydrogen) atoms. The second-order valence-corrected chi connectivity index (χ2v) is 9.37. The summed E-state index contributed by atoms with van der Waals surface area (Å²) in [6, 6.07) is 8.48. The van der Waals surface area contributed by atoms with Crippen LogP contribution in [0.1, 0.15) is 31.1 Å². The van der Waals surface area contributed by atoms with E-state index in [2.05, 4.69) is 15.6 Å². The highest BCUT2D eigenvalue weighted by atomic mass is 32.1. The van der Waals surface area contributed by atoms with Crippen LogP contribution < -0.4 is 29.6 Å².